The van der Waals surface area contributed by atoms with Gasteiger partial charge in [0, 0.05) is 25.7 Å². The minimum absolute atomic E-state index is 0.104. The second-order valence-corrected chi connectivity index (χ2v) is 29.1. The Kier molecular flexibility index (Phi) is 56.6. The lowest BCUT2D eigenvalue weighted by Crippen LogP contribution is -2.30. The predicted molar refractivity (Wildman–Crippen MR) is 349 cm³/mol. The highest BCUT2D eigenvalue weighted by atomic mass is 31.2. The van der Waals surface area contributed by atoms with Crippen molar-refractivity contribution in [2.24, 2.45) is 23.7 Å². The number of phosphoric acid groups is 2. The monoisotopic (exact) mass is 1280 g/mol. The van der Waals surface area contributed by atoms with Crippen molar-refractivity contribution >= 4 is 39.5 Å². The maximum atomic E-state index is 13.0. The number of hydrogen-bond acceptors (Lipinski definition) is 15. The van der Waals surface area contributed by atoms with Crippen molar-refractivity contribution < 1.29 is 80.2 Å². The predicted octanol–water partition coefficient (Wildman–Crippen LogP) is 18.9. The highest BCUT2D eigenvalue weighted by molar-refractivity contribution is 7.47. The van der Waals surface area contributed by atoms with E-state index in [0.29, 0.717) is 25.7 Å². The van der Waals surface area contributed by atoms with Crippen molar-refractivity contribution in [1.82, 2.24) is 0 Å². The molecule has 0 aliphatic rings. The fourth-order valence-electron chi connectivity index (χ4n) is 10.1. The Morgan fingerprint density at radius 2 is 0.552 bits per heavy atom. The molecular weight excluding hydrogens is 1150 g/mol. The number of unbranched alkanes of at least 4 members (excludes halogenated alkanes) is 30. The van der Waals surface area contributed by atoms with E-state index in [4.69, 9.17) is 37.0 Å². The Bertz CT molecular complexity index is 1730. The average molecular weight is 1280 g/mol. The molecule has 0 radical (unpaired) electrons. The fourth-order valence-corrected chi connectivity index (χ4v) is 11.7. The quantitative estimate of drug-likeness (QED) is 0.0222. The zero-order chi connectivity index (χ0) is 64.7. The molecular formula is C68H132O17P2. The molecule has 0 amide bonds. The summed E-state index contributed by atoms with van der Waals surface area (Å²) in [4.78, 5) is 72.4. The summed E-state index contributed by atoms with van der Waals surface area (Å²) in [6, 6.07) is 0. The van der Waals surface area contributed by atoms with Gasteiger partial charge in [-0.25, -0.2) is 9.13 Å². The molecule has 0 rings (SSSR count). The van der Waals surface area contributed by atoms with Gasteiger partial charge in [0.05, 0.1) is 26.4 Å². The number of esters is 4. The van der Waals surface area contributed by atoms with E-state index in [2.05, 4.69) is 55.4 Å². The summed E-state index contributed by atoms with van der Waals surface area (Å²) in [5.74, 6) is 0.822. The van der Waals surface area contributed by atoms with Crippen LogP contribution >= 0.6 is 15.6 Å². The number of carbonyl (C=O) groups is 4. The number of aliphatic hydroxyl groups is 1. The summed E-state index contributed by atoms with van der Waals surface area (Å²) in [5.41, 5.74) is 0. The van der Waals surface area contributed by atoms with E-state index < -0.39 is 97.5 Å². The zero-order valence-electron chi connectivity index (χ0n) is 56.6. The van der Waals surface area contributed by atoms with Gasteiger partial charge in [-0.05, 0) is 49.4 Å². The highest BCUT2D eigenvalue weighted by Gasteiger charge is 2.30. The average Bonchev–Trinajstić information content (AvgIpc) is 3.57. The van der Waals surface area contributed by atoms with Crippen LogP contribution in [0.4, 0.5) is 0 Å². The van der Waals surface area contributed by atoms with E-state index in [0.717, 1.165) is 120 Å². The lowest BCUT2D eigenvalue weighted by Gasteiger charge is -2.21. The SMILES string of the molecule is CCC(C)CCCCCCCCC(=O)OC[C@H](COP(=O)(O)OC[C@H](O)COP(=O)(O)OC[C@@H](COC(=O)CCCCCCCCCCCCCC(C)C)OC(=O)CCCCCCCCCCC(C)C)OC(=O)CCCCCCCCCCCC(C)C. The summed E-state index contributed by atoms with van der Waals surface area (Å²) >= 11 is 0. The molecule has 0 aliphatic heterocycles. The fraction of sp³-hybridized carbons (Fsp3) is 0.941. The van der Waals surface area contributed by atoms with Crippen LogP contribution in [0.2, 0.25) is 0 Å². The molecule has 3 N–H and O–H groups in total. The van der Waals surface area contributed by atoms with Crippen molar-refractivity contribution in [3.63, 3.8) is 0 Å². The third-order valence-corrected chi connectivity index (χ3v) is 17.8. The standard InChI is InChI=1S/C68H132O17P2/c1-9-61(8)47-39-31-26-27-33-41-49-66(71)79-55-64(84-67(72)50-42-34-24-17-13-15-21-29-37-45-59(4)5)57-83-87(76,77)81-53-62(69)52-80-86(74,75)82-56-63(85-68(73)51-43-35-25-19-18-22-30-38-46-60(6)7)54-78-65(70)48-40-32-23-16-12-10-11-14-20-28-36-44-58(2)3/h58-64,69H,9-57H2,1-8H3,(H,74,75)(H,76,77)/t61?,62-,63-,64-/m1/s1. The molecule has 0 aromatic carbocycles. The Morgan fingerprint density at radius 3 is 0.816 bits per heavy atom. The minimum atomic E-state index is -4.95. The van der Waals surface area contributed by atoms with Crippen LogP contribution in [0.5, 0.6) is 0 Å². The van der Waals surface area contributed by atoms with E-state index in [-0.39, 0.29) is 25.7 Å². The van der Waals surface area contributed by atoms with Crippen LogP contribution in [0.1, 0.15) is 331 Å². The first-order chi connectivity index (χ1) is 41.6. The third-order valence-electron chi connectivity index (χ3n) is 15.9. The maximum Gasteiger partial charge on any atom is 0.472 e. The summed E-state index contributed by atoms with van der Waals surface area (Å²) in [6.07, 6.45) is 39.0. The van der Waals surface area contributed by atoms with Crippen molar-refractivity contribution in [3.8, 4) is 0 Å². The van der Waals surface area contributed by atoms with Crippen molar-refractivity contribution in [2.75, 3.05) is 39.6 Å². The molecule has 3 unspecified atom stereocenters. The first kappa shape index (κ1) is 85.1. The lowest BCUT2D eigenvalue weighted by molar-refractivity contribution is -0.161. The van der Waals surface area contributed by atoms with Crippen LogP contribution in [-0.2, 0) is 65.4 Å². The van der Waals surface area contributed by atoms with Gasteiger partial charge in [-0.3, -0.25) is 37.3 Å². The maximum absolute atomic E-state index is 13.0. The molecule has 19 heteroatoms. The molecule has 0 saturated heterocycles. The van der Waals surface area contributed by atoms with Gasteiger partial charge in [0.25, 0.3) is 0 Å². The van der Waals surface area contributed by atoms with E-state index in [1.165, 1.54) is 128 Å². The molecule has 516 valence electrons. The second-order valence-electron chi connectivity index (χ2n) is 26.2. The van der Waals surface area contributed by atoms with Crippen LogP contribution < -0.4 is 0 Å². The summed E-state index contributed by atoms with van der Waals surface area (Å²) in [7, 11) is -9.90. The Morgan fingerprint density at radius 1 is 0.322 bits per heavy atom. The Balaban J connectivity index is 5.25. The van der Waals surface area contributed by atoms with E-state index >= 15 is 0 Å². The van der Waals surface area contributed by atoms with E-state index in [1.54, 1.807) is 0 Å². The molecule has 0 aromatic rings. The topological polar surface area (TPSA) is 237 Å². The number of carbonyl (C=O) groups excluding carboxylic acids is 4. The van der Waals surface area contributed by atoms with Crippen molar-refractivity contribution in [2.45, 2.75) is 350 Å². The van der Waals surface area contributed by atoms with Gasteiger partial charge >= 0.3 is 39.5 Å². The molecule has 0 heterocycles. The van der Waals surface area contributed by atoms with Gasteiger partial charge in [-0.1, -0.05) is 280 Å². The van der Waals surface area contributed by atoms with Crippen molar-refractivity contribution in [1.29, 1.82) is 0 Å². The molecule has 0 saturated carbocycles. The summed E-state index contributed by atoms with van der Waals surface area (Å²) < 4.78 is 68.2. The van der Waals surface area contributed by atoms with Crippen LogP contribution in [0.3, 0.4) is 0 Å². The van der Waals surface area contributed by atoms with Crippen LogP contribution in [0.25, 0.3) is 0 Å². The minimum Gasteiger partial charge on any atom is -0.462 e. The first-order valence-corrected chi connectivity index (χ1v) is 38.2. The third kappa shape index (κ3) is 61.3. The number of aliphatic hydroxyl groups excluding tert-OH is 1. The highest BCUT2D eigenvalue weighted by Crippen LogP contribution is 2.45. The second kappa shape index (κ2) is 57.9. The van der Waals surface area contributed by atoms with Gasteiger partial charge in [-0.15, -0.1) is 0 Å². The van der Waals surface area contributed by atoms with Crippen LogP contribution in [0, 0.1) is 23.7 Å². The van der Waals surface area contributed by atoms with E-state index in [9.17, 15) is 43.2 Å². The van der Waals surface area contributed by atoms with Gasteiger partial charge in [0.15, 0.2) is 12.2 Å². The number of rotatable bonds is 65. The van der Waals surface area contributed by atoms with Gasteiger partial charge in [0.2, 0.25) is 0 Å². The summed E-state index contributed by atoms with van der Waals surface area (Å²) in [6.45, 7) is 14.0. The Labute approximate surface area is 530 Å². The number of phosphoric ester groups is 2. The number of hydrogen-bond donors (Lipinski definition) is 3. The molecule has 0 fully saturated rings. The Hall–Kier alpha value is -1.94. The van der Waals surface area contributed by atoms with E-state index in [1.807, 2.05) is 0 Å². The zero-order valence-corrected chi connectivity index (χ0v) is 58.4. The van der Waals surface area contributed by atoms with Gasteiger partial charge in [0.1, 0.15) is 19.3 Å². The number of ether oxygens (including phenoxy) is 4. The van der Waals surface area contributed by atoms with Crippen LogP contribution in [0.15, 0.2) is 0 Å². The molecule has 0 bridgehead atoms. The van der Waals surface area contributed by atoms with Crippen LogP contribution in [-0.4, -0.2) is 96.7 Å². The first-order valence-electron chi connectivity index (χ1n) is 35.2. The van der Waals surface area contributed by atoms with Gasteiger partial charge in [-0.2, -0.15) is 0 Å². The molecule has 87 heavy (non-hydrogen) atoms. The normalized spacial score (nSPS) is 14.6. The lowest BCUT2D eigenvalue weighted by atomic mass is 10.00. The summed E-state index contributed by atoms with van der Waals surface area (Å²) in [5, 5.41) is 10.6. The molecule has 0 spiro atoms. The molecule has 0 aliphatic carbocycles. The molecule has 0 aromatic heterocycles. The van der Waals surface area contributed by atoms with Gasteiger partial charge < -0.3 is 33.8 Å². The molecule has 6 atom stereocenters. The van der Waals surface area contributed by atoms with Crippen molar-refractivity contribution in [3.05, 3.63) is 0 Å². The molecule has 17 nitrogen and oxygen atoms in total. The largest absolute Gasteiger partial charge is 0.472 e. The smallest absolute Gasteiger partial charge is 0.462 e.